The van der Waals surface area contributed by atoms with Crippen LogP contribution in [0.15, 0.2) is 18.2 Å². The number of hydrogen-bond acceptors (Lipinski definition) is 3. The Morgan fingerprint density at radius 3 is 2.04 bits per heavy atom. The largest absolute Gasteiger partial charge is 0.505 e. The molecular formula is C22H36N2O3. The molecule has 2 amide bonds. The molecule has 1 rings (SSSR count). The SMILES string of the molecule is CCCCCCCCCCCCCCNC(=O)c1cccc(NC=O)c1O. The van der Waals surface area contributed by atoms with Crippen molar-refractivity contribution < 1.29 is 14.7 Å². The molecule has 1 aromatic rings. The van der Waals surface area contributed by atoms with E-state index in [1.54, 1.807) is 18.2 Å². The first-order chi connectivity index (χ1) is 13.2. The molecular weight excluding hydrogens is 340 g/mol. The molecule has 5 nitrogen and oxygen atoms in total. The fraction of sp³-hybridized carbons (Fsp3) is 0.636. The number of carbonyl (C=O) groups is 2. The molecule has 0 saturated heterocycles. The van der Waals surface area contributed by atoms with Crippen molar-refractivity contribution in [3.05, 3.63) is 23.8 Å². The smallest absolute Gasteiger partial charge is 0.255 e. The second kappa shape index (κ2) is 15.1. The van der Waals surface area contributed by atoms with Gasteiger partial charge in [0.1, 0.15) is 0 Å². The summed E-state index contributed by atoms with van der Waals surface area (Å²) in [4.78, 5) is 22.6. The summed E-state index contributed by atoms with van der Waals surface area (Å²) in [5, 5.41) is 15.2. The van der Waals surface area contributed by atoms with Gasteiger partial charge in [0.05, 0.1) is 11.3 Å². The predicted octanol–water partition coefficient (Wildman–Crippen LogP) is 5.39. The van der Waals surface area contributed by atoms with E-state index in [0.29, 0.717) is 13.0 Å². The number of benzene rings is 1. The fourth-order valence-corrected chi connectivity index (χ4v) is 3.17. The van der Waals surface area contributed by atoms with Gasteiger partial charge in [0.15, 0.2) is 5.75 Å². The highest BCUT2D eigenvalue weighted by Gasteiger charge is 2.13. The number of hydrogen-bond donors (Lipinski definition) is 3. The quantitative estimate of drug-likeness (QED) is 0.205. The van der Waals surface area contributed by atoms with Gasteiger partial charge >= 0.3 is 0 Å². The Hall–Kier alpha value is -2.04. The van der Waals surface area contributed by atoms with Gasteiger partial charge in [-0.15, -0.1) is 0 Å². The van der Waals surface area contributed by atoms with E-state index in [1.165, 1.54) is 64.2 Å². The second-order valence-electron chi connectivity index (χ2n) is 7.11. The lowest BCUT2D eigenvalue weighted by Gasteiger charge is -2.09. The number of aromatic hydroxyl groups is 1. The third kappa shape index (κ3) is 10.0. The molecule has 0 spiro atoms. The second-order valence-corrected chi connectivity index (χ2v) is 7.11. The van der Waals surface area contributed by atoms with E-state index in [9.17, 15) is 14.7 Å². The van der Waals surface area contributed by atoms with Gasteiger partial charge in [-0.05, 0) is 18.6 Å². The fourth-order valence-electron chi connectivity index (χ4n) is 3.17. The minimum Gasteiger partial charge on any atom is -0.505 e. The van der Waals surface area contributed by atoms with Gasteiger partial charge in [0.2, 0.25) is 6.41 Å². The van der Waals surface area contributed by atoms with E-state index in [4.69, 9.17) is 0 Å². The van der Waals surface area contributed by atoms with Crippen LogP contribution in [0.25, 0.3) is 0 Å². The average molecular weight is 377 g/mol. The molecule has 5 heteroatoms. The lowest BCUT2D eigenvalue weighted by Crippen LogP contribution is -2.24. The highest BCUT2D eigenvalue weighted by Crippen LogP contribution is 2.26. The number of phenolic OH excluding ortho intramolecular Hbond substituents is 1. The Morgan fingerprint density at radius 1 is 0.926 bits per heavy atom. The van der Waals surface area contributed by atoms with Crippen LogP contribution in [-0.4, -0.2) is 24.0 Å². The van der Waals surface area contributed by atoms with E-state index >= 15 is 0 Å². The molecule has 152 valence electrons. The van der Waals surface area contributed by atoms with Gasteiger partial charge in [-0.2, -0.15) is 0 Å². The van der Waals surface area contributed by atoms with Gasteiger partial charge in [-0.1, -0.05) is 83.6 Å². The maximum Gasteiger partial charge on any atom is 0.255 e. The van der Waals surface area contributed by atoms with Crippen LogP contribution >= 0.6 is 0 Å². The van der Waals surface area contributed by atoms with Crippen LogP contribution in [-0.2, 0) is 4.79 Å². The van der Waals surface area contributed by atoms with Crippen molar-refractivity contribution in [2.24, 2.45) is 0 Å². The maximum absolute atomic E-state index is 12.1. The van der Waals surface area contributed by atoms with Crippen LogP contribution in [0.3, 0.4) is 0 Å². The average Bonchev–Trinajstić information content (AvgIpc) is 2.67. The predicted molar refractivity (Wildman–Crippen MR) is 111 cm³/mol. The van der Waals surface area contributed by atoms with Crippen molar-refractivity contribution in [3.63, 3.8) is 0 Å². The zero-order valence-electron chi connectivity index (χ0n) is 16.8. The summed E-state index contributed by atoms with van der Waals surface area (Å²) in [7, 11) is 0. The molecule has 0 aliphatic rings. The zero-order chi connectivity index (χ0) is 19.7. The summed E-state index contributed by atoms with van der Waals surface area (Å²) in [6, 6.07) is 4.72. The number of phenols is 1. The molecule has 0 bridgehead atoms. The third-order valence-electron chi connectivity index (χ3n) is 4.81. The molecule has 0 fully saturated rings. The van der Waals surface area contributed by atoms with Crippen LogP contribution in [0.1, 0.15) is 94.3 Å². The molecule has 0 heterocycles. The van der Waals surface area contributed by atoms with Crippen LogP contribution in [0, 0.1) is 0 Å². The summed E-state index contributed by atoms with van der Waals surface area (Å²) in [6.45, 7) is 2.85. The zero-order valence-corrected chi connectivity index (χ0v) is 16.8. The number of unbranched alkanes of at least 4 members (excludes halogenated alkanes) is 11. The maximum atomic E-state index is 12.1. The van der Waals surface area contributed by atoms with Crippen molar-refractivity contribution in [3.8, 4) is 5.75 Å². The van der Waals surface area contributed by atoms with E-state index < -0.39 is 0 Å². The monoisotopic (exact) mass is 376 g/mol. The molecule has 0 atom stereocenters. The van der Waals surface area contributed by atoms with Crippen LogP contribution in [0.4, 0.5) is 5.69 Å². The first kappa shape index (κ1) is 23.0. The van der Waals surface area contributed by atoms with Crippen LogP contribution < -0.4 is 10.6 Å². The van der Waals surface area contributed by atoms with Crippen molar-refractivity contribution in [2.75, 3.05) is 11.9 Å². The molecule has 0 unspecified atom stereocenters. The number of anilines is 1. The van der Waals surface area contributed by atoms with E-state index in [0.717, 1.165) is 12.8 Å². The first-order valence-electron chi connectivity index (χ1n) is 10.5. The summed E-state index contributed by atoms with van der Waals surface area (Å²) in [6.07, 6.45) is 15.8. The Balaban J connectivity index is 2.04. The highest BCUT2D eigenvalue weighted by molar-refractivity contribution is 5.99. The van der Waals surface area contributed by atoms with E-state index in [-0.39, 0.29) is 22.9 Å². The number of nitrogens with one attached hydrogen (secondary N) is 2. The Labute approximate surface area is 163 Å². The third-order valence-corrected chi connectivity index (χ3v) is 4.81. The number of para-hydroxylation sites is 1. The van der Waals surface area contributed by atoms with Gasteiger partial charge in [-0.3, -0.25) is 9.59 Å². The van der Waals surface area contributed by atoms with E-state index in [1.807, 2.05) is 0 Å². The Morgan fingerprint density at radius 2 is 1.48 bits per heavy atom. The molecule has 0 aliphatic carbocycles. The molecule has 0 radical (unpaired) electrons. The highest BCUT2D eigenvalue weighted by atomic mass is 16.3. The normalized spacial score (nSPS) is 10.6. The topological polar surface area (TPSA) is 78.4 Å². The van der Waals surface area contributed by atoms with Crippen LogP contribution in [0.2, 0.25) is 0 Å². The lowest BCUT2D eigenvalue weighted by atomic mass is 10.1. The summed E-state index contributed by atoms with van der Waals surface area (Å²) < 4.78 is 0. The summed E-state index contributed by atoms with van der Waals surface area (Å²) >= 11 is 0. The van der Waals surface area contributed by atoms with Gasteiger partial charge in [-0.25, -0.2) is 0 Å². The van der Waals surface area contributed by atoms with Crippen LogP contribution in [0.5, 0.6) is 5.75 Å². The van der Waals surface area contributed by atoms with Crippen molar-refractivity contribution in [2.45, 2.75) is 84.0 Å². The van der Waals surface area contributed by atoms with Gasteiger partial charge < -0.3 is 15.7 Å². The lowest BCUT2D eigenvalue weighted by molar-refractivity contribution is -0.105. The number of rotatable bonds is 16. The molecule has 3 N–H and O–H groups in total. The molecule has 0 aliphatic heterocycles. The minimum atomic E-state index is -0.315. The first-order valence-corrected chi connectivity index (χ1v) is 10.5. The minimum absolute atomic E-state index is 0.181. The standard InChI is InChI=1S/C22H36N2O3/c1-2-3-4-5-6-7-8-9-10-11-12-13-17-23-22(27)19-15-14-16-20(21(19)26)24-18-25/h14-16,18,26H,2-13,17H2,1H3,(H,23,27)(H,24,25). The van der Waals surface area contributed by atoms with Crippen molar-refractivity contribution in [1.82, 2.24) is 5.32 Å². The number of carbonyl (C=O) groups excluding carboxylic acids is 2. The summed E-state index contributed by atoms with van der Waals surface area (Å²) in [5.74, 6) is -0.512. The van der Waals surface area contributed by atoms with Gasteiger partial charge in [0.25, 0.3) is 5.91 Å². The molecule has 0 aromatic heterocycles. The number of amides is 2. The molecule has 1 aromatic carbocycles. The van der Waals surface area contributed by atoms with Gasteiger partial charge in [0, 0.05) is 6.54 Å². The van der Waals surface area contributed by atoms with Crippen molar-refractivity contribution in [1.29, 1.82) is 0 Å². The summed E-state index contributed by atoms with van der Waals surface area (Å²) in [5.41, 5.74) is 0.420. The Kier molecular flexibility index (Phi) is 12.8. The van der Waals surface area contributed by atoms with E-state index in [2.05, 4.69) is 17.6 Å². The molecule has 27 heavy (non-hydrogen) atoms. The Bertz CT molecular complexity index is 546. The molecule has 0 saturated carbocycles. The van der Waals surface area contributed by atoms with Crippen molar-refractivity contribution >= 4 is 18.0 Å².